The van der Waals surface area contributed by atoms with Crippen LogP contribution < -0.4 is 0 Å². The van der Waals surface area contributed by atoms with Gasteiger partial charge in [-0.25, -0.2) is 8.42 Å². The number of benzene rings is 2. The zero-order valence-electron chi connectivity index (χ0n) is 12.4. The largest absolute Gasteiger partial charge is 0.508 e. The van der Waals surface area contributed by atoms with Gasteiger partial charge in [-0.15, -0.1) is 0 Å². The van der Waals surface area contributed by atoms with E-state index in [2.05, 4.69) is 0 Å². The Hall–Kier alpha value is -2.01. The quantitative estimate of drug-likeness (QED) is 0.893. The number of hydrogen-bond acceptors (Lipinski definition) is 4. The topological polar surface area (TPSA) is 74.6 Å². The van der Waals surface area contributed by atoms with Gasteiger partial charge in [0.2, 0.25) is 9.84 Å². The van der Waals surface area contributed by atoms with E-state index in [-0.39, 0.29) is 21.3 Å². The Bertz CT molecular complexity index is 821. The molecule has 0 radical (unpaired) electrons. The number of aryl methyl sites for hydroxylation is 1. The summed E-state index contributed by atoms with van der Waals surface area (Å²) >= 11 is 0. The van der Waals surface area contributed by atoms with Crippen molar-refractivity contribution in [1.82, 2.24) is 0 Å². The maximum Gasteiger partial charge on any atom is 0.207 e. The van der Waals surface area contributed by atoms with Gasteiger partial charge in [-0.05, 0) is 68.7 Å². The Kier molecular flexibility index (Phi) is 3.72. The third kappa shape index (κ3) is 2.49. The lowest BCUT2D eigenvalue weighted by molar-refractivity contribution is 0.467. The molecule has 0 saturated carbocycles. The lowest BCUT2D eigenvalue weighted by Crippen LogP contribution is -2.07. The van der Waals surface area contributed by atoms with Gasteiger partial charge in [0.15, 0.2) is 0 Å². The predicted octanol–water partition coefficient (Wildman–Crippen LogP) is 3.16. The average Bonchev–Trinajstić information content (AvgIpc) is 2.39. The zero-order valence-corrected chi connectivity index (χ0v) is 13.2. The fourth-order valence-electron chi connectivity index (χ4n) is 2.28. The Balaban J connectivity index is 2.78. The highest BCUT2D eigenvalue weighted by Gasteiger charge is 2.25. The minimum absolute atomic E-state index is 0.0401. The van der Waals surface area contributed by atoms with Crippen molar-refractivity contribution in [3.05, 3.63) is 46.5 Å². The summed E-state index contributed by atoms with van der Waals surface area (Å²) in [5.74, 6) is 0.0250. The van der Waals surface area contributed by atoms with Gasteiger partial charge in [0.1, 0.15) is 11.5 Å². The maximum atomic E-state index is 12.9. The molecule has 0 atom stereocenters. The van der Waals surface area contributed by atoms with Gasteiger partial charge < -0.3 is 10.2 Å². The number of sulfone groups is 1. The van der Waals surface area contributed by atoms with Gasteiger partial charge in [-0.1, -0.05) is 0 Å². The van der Waals surface area contributed by atoms with Crippen LogP contribution in [-0.4, -0.2) is 18.6 Å². The molecular formula is C16H18O4S. The number of aromatic hydroxyl groups is 2. The van der Waals surface area contributed by atoms with Gasteiger partial charge in [0.25, 0.3) is 0 Å². The molecule has 0 heterocycles. The molecule has 2 aromatic carbocycles. The first-order chi connectivity index (χ1) is 9.66. The number of phenolic OH excluding ortho intramolecular Hbond substituents is 2. The van der Waals surface area contributed by atoms with E-state index < -0.39 is 9.84 Å². The molecule has 2 N–H and O–H groups in total. The maximum absolute atomic E-state index is 12.9. The summed E-state index contributed by atoms with van der Waals surface area (Å²) in [6, 6.07) is 5.85. The average molecular weight is 306 g/mol. The van der Waals surface area contributed by atoms with Crippen LogP contribution >= 0.6 is 0 Å². The summed E-state index contributed by atoms with van der Waals surface area (Å²) in [6.07, 6.45) is 0. The van der Waals surface area contributed by atoms with Crippen LogP contribution in [0.15, 0.2) is 34.1 Å². The van der Waals surface area contributed by atoms with E-state index in [0.29, 0.717) is 22.3 Å². The fourth-order valence-corrected chi connectivity index (χ4v) is 4.17. The second-order valence-electron chi connectivity index (χ2n) is 5.24. The molecule has 0 amide bonds. The van der Waals surface area contributed by atoms with Crippen molar-refractivity contribution in [3.8, 4) is 11.5 Å². The molecule has 0 saturated heterocycles. The molecule has 0 aromatic heterocycles. The molecular weight excluding hydrogens is 288 g/mol. The third-order valence-electron chi connectivity index (χ3n) is 3.76. The van der Waals surface area contributed by atoms with Crippen LogP contribution in [0.2, 0.25) is 0 Å². The van der Waals surface area contributed by atoms with E-state index >= 15 is 0 Å². The lowest BCUT2D eigenvalue weighted by atomic mass is 10.1. The highest BCUT2D eigenvalue weighted by molar-refractivity contribution is 7.91. The van der Waals surface area contributed by atoms with Crippen LogP contribution in [0, 0.1) is 27.7 Å². The fraction of sp³-hybridized carbons (Fsp3) is 0.250. The summed E-state index contributed by atoms with van der Waals surface area (Å²) in [5.41, 5.74) is 2.04. The van der Waals surface area contributed by atoms with E-state index in [0.717, 1.165) is 0 Å². The second kappa shape index (κ2) is 5.07. The van der Waals surface area contributed by atoms with E-state index in [1.807, 2.05) is 0 Å². The van der Waals surface area contributed by atoms with Gasteiger partial charge >= 0.3 is 0 Å². The van der Waals surface area contributed by atoms with Crippen LogP contribution in [-0.2, 0) is 9.84 Å². The summed E-state index contributed by atoms with van der Waals surface area (Å²) in [5, 5.41) is 19.5. The smallest absolute Gasteiger partial charge is 0.207 e. The Morgan fingerprint density at radius 3 is 2.00 bits per heavy atom. The van der Waals surface area contributed by atoms with Crippen LogP contribution in [0.4, 0.5) is 0 Å². The Morgan fingerprint density at radius 2 is 1.38 bits per heavy atom. The minimum atomic E-state index is -3.76. The molecule has 5 heteroatoms. The number of phenols is 2. The van der Waals surface area contributed by atoms with Gasteiger partial charge in [-0.3, -0.25) is 0 Å². The summed E-state index contributed by atoms with van der Waals surface area (Å²) in [7, 11) is -3.76. The van der Waals surface area contributed by atoms with Crippen molar-refractivity contribution < 1.29 is 18.6 Å². The molecule has 21 heavy (non-hydrogen) atoms. The molecule has 0 aliphatic rings. The van der Waals surface area contributed by atoms with Crippen LogP contribution in [0.3, 0.4) is 0 Å². The first-order valence-corrected chi connectivity index (χ1v) is 7.99. The van der Waals surface area contributed by atoms with Crippen LogP contribution in [0.25, 0.3) is 0 Å². The third-order valence-corrected chi connectivity index (χ3v) is 5.79. The number of rotatable bonds is 2. The van der Waals surface area contributed by atoms with Crippen molar-refractivity contribution in [3.63, 3.8) is 0 Å². The summed E-state index contributed by atoms with van der Waals surface area (Å²) in [4.78, 5) is 0.235. The lowest BCUT2D eigenvalue weighted by Gasteiger charge is -2.14. The van der Waals surface area contributed by atoms with E-state index in [9.17, 15) is 18.6 Å². The summed E-state index contributed by atoms with van der Waals surface area (Å²) < 4.78 is 25.7. The van der Waals surface area contributed by atoms with Crippen molar-refractivity contribution in [1.29, 1.82) is 0 Å². The first kappa shape index (κ1) is 15.4. The van der Waals surface area contributed by atoms with E-state index in [4.69, 9.17) is 0 Å². The predicted molar refractivity (Wildman–Crippen MR) is 80.6 cm³/mol. The van der Waals surface area contributed by atoms with Crippen LogP contribution in [0.1, 0.15) is 22.3 Å². The molecule has 2 aromatic rings. The van der Waals surface area contributed by atoms with Crippen molar-refractivity contribution in [2.75, 3.05) is 0 Å². The molecule has 4 nitrogen and oxygen atoms in total. The normalized spacial score (nSPS) is 11.6. The van der Waals surface area contributed by atoms with Crippen LogP contribution in [0.5, 0.6) is 11.5 Å². The molecule has 0 bridgehead atoms. The highest BCUT2D eigenvalue weighted by atomic mass is 32.2. The van der Waals surface area contributed by atoms with Crippen molar-refractivity contribution >= 4 is 9.84 Å². The molecule has 0 fully saturated rings. The molecule has 112 valence electrons. The minimum Gasteiger partial charge on any atom is -0.508 e. The molecule has 0 aliphatic carbocycles. The highest BCUT2D eigenvalue weighted by Crippen LogP contribution is 2.34. The first-order valence-electron chi connectivity index (χ1n) is 6.50. The molecule has 0 aliphatic heterocycles. The zero-order chi connectivity index (χ0) is 15.9. The van der Waals surface area contributed by atoms with Crippen molar-refractivity contribution in [2.24, 2.45) is 0 Å². The van der Waals surface area contributed by atoms with Gasteiger partial charge in [0, 0.05) is 5.56 Å². The van der Waals surface area contributed by atoms with E-state index in [1.54, 1.807) is 33.8 Å². The monoisotopic (exact) mass is 306 g/mol. The second-order valence-corrected chi connectivity index (χ2v) is 7.13. The Labute approximate surface area is 124 Å². The standard InChI is InChI=1S/C16H18O4S/c1-9-7-14(18)12(4)16(8-9)21(19,20)15-6-5-13(17)10(2)11(15)3/h5-8,17-18H,1-4H3. The van der Waals surface area contributed by atoms with Gasteiger partial charge in [-0.2, -0.15) is 0 Å². The number of hydrogen-bond donors (Lipinski definition) is 2. The van der Waals surface area contributed by atoms with E-state index in [1.165, 1.54) is 18.2 Å². The molecule has 0 unspecified atom stereocenters. The molecule has 0 spiro atoms. The Morgan fingerprint density at radius 1 is 0.762 bits per heavy atom. The summed E-state index contributed by atoms with van der Waals surface area (Å²) in [6.45, 7) is 6.63. The SMILES string of the molecule is Cc1cc(O)c(C)c(S(=O)(=O)c2ccc(O)c(C)c2C)c1. The van der Waals surface area contributed by atoms with Crippen molar-refractivity contribution in [2.45, 2.75) is 37.5 Å². The molecule has 2 rings (SSSR count). The van der Waals surface area contributed by atoms with Gasteiger partial charge in [0.05, 0.1) is 9.79 Å².